The molecule has 1 aliphatic carbocycles. The average Bonchev–Trinajstić information content (AvgIpc) is 3.38. The lowest BCUT2D eigenvalue weighted by Crippen LogP contribution is -2.27. The smallest absolute Gasteiger partial charge is 0.323 e. The predicted molar refractivity (Wildman–Crippen MR) is 105 cm³/mol. The van der Waals surface area contributed by atoms with Crippen LogP contribution in [-0.4, -0.2) is 36.1 Å². The maximum absolute atomic E-state index is 12.4. The Morgan fingerprint density at radius 3 is 3.00 bits per heavy atom. The molecule has 1 aromatic carbocycles. The maximum atomic E-state index is 12.4. The Hall–Kier alpha value is -2.61. The van der Waals surface area contributed by atoms with Gasteiger partial charge in [0.15, 0.2) is 5.13 Å². The van der Waals surface area contributed by atoms with E-state index in [4.69, 9.17) is 4.74 Å². The summed E-state index contributed by atoms with van der Waals surface area (Å²) >= 11 is 1.37. The molecule has 0 unspecified atom stereocenters. The van der Waals surface area contributed by atoms with Gasteiger partial charge in [-0.3, -0.25) is 9.69 Å². The minimum atomic E-state index is -0.143. The van der Waals surface area contributed by atoms with Crippen LogP contribution in [0.15, 0.2) is 29.6 Å². The second kappa shape index (κ2) is 7.96. The summed E-state index contributed by atoms with van der Waals surface area (Å²) in [5.41, 5.74) is 1.37. The number of nitrogens with zero attached hydrogens (tertiary/aromatic N) is 2. The molecule has 7 nitrogen and oxygen atoms in total. The number of hydrogen-bond acceptors (Lipinski definition) is 5. The third-order valence-corrected chi connectivity index (χ3v) is 5.60. The largest absolute Gasteiger partial charge is 0.490 e. The first kappa shape index (κ1) is 17.8. The molecular formula is C19H22N4O3S. The predicted octanol–water partition coefficient (Wildman–Crippen LogP) is 3.18. The number of amides is 3. The van der Waals surface area contributed by atoms with Crippen molar-refractivity contribution in [2.45, 2.75) is 38.2 Å². The van der Waals surface area contributed by atoms with Crippen molar-refractivity contribution in [2.75, 3.05) is 23.3 Å². The van der Waals surface area contributed by atoms with E-state index in [1.807, 2.05) is 29.6 Å². The zero-order valence-corrected chi connectivity index (χ0v) is 15.8. The van der Waals surface area contributed by atoms with Crippen LogP contribution in [0.25, 0.3) is 0 Å². The minimum absolute atomic E-state index is 0.139. The van der Waals surface area contributed by atoms with Crippen LogP contribution in [0.4, 0.5) is 15.6 Å². The number of benzene rings is 1. The molecule has 0 bridgehead atoms. The molecular weight excluding hydrogens is 364 g/mol. The molecule has 2 aliphatic rings. The first-order valence-electron chi connectivity index (χ1n) is 9.24. The third-order valence-electron chi connectivity index (χ3n) is 4.69. The molecule has 3 amide bonds. The summed E-state index contributed by atoms with van der Waals surface area (Å²) in [7, 11) is 0. The molecule has 2 aromatic rings. The number of hydrogen-bond donors (Lipinski definition) is 2. The van der Waals surface area contributed by atoms with Crippen LogP contribution in [0.5, 0.6) is 5.75 Å². The van der Waals surface area contributed by atoms with Gasteiger partial charge in [-0.2, -0.15) is 0 Å². The van der Waals surface area contributed by atoms with Crippen LogP contribution in [0.3, 0.4) is 0 Å². The molecule has 1 aliphatic heterocycles. The molecule has 8 heteroatoms. The van der Waals surface area contributed by atoms with Crippen molar-refractivity contribution in [1.29, 1.82) is 0 Å². The molecule has 142 valence electrons. The Morgan fingerprint density at radius 1 is 1.37 bits per heavy atom. The van der Waals surface area contributed by atoms with Gasteiger partial charge in [-0.25, -0.2) is 9.78 Å². The van der Waals surface area contributed by atoms with E-state index >= 15 is 0 Å². The lowest BCUT2D eigenvalue weighted by atomic mass is 10.2. The van der Waals surface area contributed by atoms with Crippen LogP contribution in [0.2, 0.25) is 0 Å². The second-order valence-electron chi connectivity index (χ2n) is 6.78. The van der Waals surface area contributed by atoms with Crippen molar-refractivity contribution < 1.29 is 14.3 Å². The summed E-state index contributed by atoms with van der Waals surface area (Å²) in [6.07, 6.45) is 5.08. The average molecular weight is 386 g/mol. The SMILES string of the molecule is O=C(Cc1csc(N2CCNC2=O)n1)Nc1cccc(OC2CCCC2)c1. The number of anilines is 2. The molecule has 2 N–H and O–H groups in total. The Kier molecular flexibility index (Phi) is 5.24. The van der Waals surface area contributed by atoms with E-state index in [2.05, 4.69) is 15.6 Å². The third kappa shape index (κ3) is 4.39. The molecule has 1 saturated carbocycles. The van der Waals surface area contributed by atoms with Crippen LogP contribution < -0.4 is 20.3 Å². The number of aromatic nitrogens is 1. The number of carbonyl (C=O) groups is 2. The number of rotatable bonds is 6. The quantitative estimate of drug-likeness (QED) is 0.799. The summed E-state index contributed by atoms with van der Waals surface area (Å²) in [5, 5.41) is 8.08. The van der Waals surface area contributed by atoms with Crippen molar-refractivity contribution in [1.82, 2.24) is 10.3 Å². The van der Waals surface area contributed by atoms with Crippen molar-refractivity contribution in [3.8, 4) is 5.75 Å². The summed E-state index contributed by atoms with van der Waals surface area (Å²) in [4.78, 5) is 30.0. The van der Waals surface area contributed by atoms with Gasteiger partial charge in [0.1, 0.15) is 5.75 Å². The van der Waals surface area contributed by atoms with Gasteiger partial charge in [0.05, 0.1) is 18.2 Å². The topological polar surface area (TPSA) is 83.6 Å². The van der Waals surface area contributed by atoms with Crippen molar-refractivity contribution in [3.63, 3.8) is 0 Å². The van der Waals surface area contributed by atoms with Gasteiger partial charge in [0, 0.05) is 30.2 Å². The Balaban J connectivity index is 1.34. The van der Waals surface area contributed by atoms with E-state index in [1.165, 1.54) is 24.2 Å². The van der Waals surface area contributed by atoms with Gasteiger partial charge >= 0.3 is 6.03 Å². The molecule has 1 aromatic heterocycles. The van der Waals surface area contributed by atoms with Crippen LogP contribution in [0.1, 0.15) is 31.4 Å². The minimum Gasteiger partial charge on any atom is -0.490 e. The van der Waals surface area contributed by atoms with Crippen LogP contribution in [-0.2, 0) is 11.2 Å². The maximum Gasteiger partial charge on any atom is 0.323 e. The fourth-order valence-corrected chi connectivity index (χ4v) is 4.22. The van der Waals surface area contributed by atoms with E-state index in [-0.39, 0.29) is 24.5 Å². The van der Waals surface area contributed by atoms with Crippen molar-refractivity contribution in [3.05, 3.63) is 35.3 Å². The van der Waals surface area contributed by atoms with Gasteiger partial charge in [-0.05, 0) is 37.8 Å². The van der Waals surface area contributed by atoms with Gasteiger partial charge in [-0.15, -0.1) is 11.3 Å². The number of urea groups is 1. The van der Waals surface area contributed by atoms with Crippen molar-refractivity contribution in [2.24, 2.45) is 0 Å². The number of ether oxygens (including phenoxy) is 1. The monoisotopic (exact) mass is 386 g/mol. The first-order chi connectivity index (χ1) is 13.2. The zero-order valence-electron chi connectivity index (χ0n) is 14.9. The highest BCUT2D eigenvalue weighted by Gasteiger charge is 2.24. The standard InChI is InChI=1S/C19H22N4O3S/c24-17(11-14-12-27-19(22-14)23-9-8-20-18(23)25)21-13-4-3-7-16(10-13)26-15-5-1-2-6-15/h3-4,7,10,12,15H,1-2,5-6,8-9,11H2,(H,20,25)(H,21,24). The first-order valence-corrected chi connectivity index (χ1v) is 10.1. The summed E-state index contributed by atoms with van der Waals surface area (Å²) in [5.74, 6) is 0.645. The second-order valence-corrected chi connectivity index (χ2v) is 7.62. The van der Waals surface area contributed by atoms with E-state index in [0.29, 0.717) is 29.6 Å². The lowest BCUT2D eigenvalue weighted by Gasteiger charge is -2.14. The van der Waals surface area contributed by atoms with E-state index < -0.39 is 0 Å². The highest BCUT2D eigenvalue weighted by molar-refractivity contribution is 7.14. The fourth-order valence-electron chi connectivity index (χ4n) is 3.37. The zero-order chi connectivity index (χ0) is 18.6. The number of thiazole rings is 1. The molecule has 0 atom stereocenters. The van der Waals surface area contributed by atoms with Crippen LogP contribution in [0, 0.1) is 0 Å². The van der Waals surface area contributed by atoms with Gasteiger partial charge in [-0.1, -0.05) is 6.07 Å². The fraction of sp³-hybridized carbons (Fsp3) is 0.421. The Labute approximate surface area is 161 Å². The summed E-state index contributed by atoms with van der Waals surface area (Å²) in [6, 6.07) is 7.37. The molecule has 4 rings (SSSR count). The molecule has 2 fully saturated rings. The van der Waals surface area contributed by atoms with Crippen LogP contribution >= 0.6 is 11.3 Å². The molecule has 0 radical (unpaired) electrons. The highest BCUT2D eigenvalue weighted by atomic mass is 32.1. The molecule has 1 saturated heterocycles. The van der Waals surface area contributed by atoms with Gasteiger partial charge in [0.2, 0.25) is 5.91 Å². The van der Waals surface area contributed by atoms with Gasteiger partial charge < -0.3 is 15.4 Å². The normalized spacial score (nSPS) is 17.2. The molecule has 0 spiro atoms. The van der Waals surface area contributed by atoms with E-state index in [9.17, 15) is 9.59 Å². The van der Waals surface area contributed by atoms with E-state index in [0.717, 1.165) is 18.6 Å². The molecule has 2 heterocycles. The number of nitrogens with one attached hydrogen (secondary N) is 2. The lowest BCUT2D eigenvalue weighted by molar-refractivity contribution is -0.115. The summed E-state index contributed by atoms with van der Waals surface area (Å²) < 4.78 is 5.98. The highest BCUT2D eigenvalue weighted by Crippen LogP contribution is 2.26. The summed E-state index contributed by atoms with van der Waals surface area (Å²) in [6.45, 7) is 1.22. The van der Waals surface area contributed by atoms with Crippen molar-refractivity contribution >= 4 is 34.1 Å². The molecule has 27 heavy (non-hydrogen) atoms. The van der Waals surface area contributed by atoms with Gasteiger partial charge in [0.25, 0.3) is 0 Å². The number of carbonyl (C=O) groups excluding carboxylic acids is 2. The Bertz CT molecular complexity index is 832. The Morgan fingerprint density at radius 2 is 2.22 bits per heavy atom. The van der Waals surface area contributed by atoms with E-state index in [1.54, 1.807) is 4.90 Å².